The van der Waals surface area contributed by atoms with E-state index in [1.165, 1.54) is 17.7 Å². The molecule has 6 atom stereocenters. The molecule has 0 saturated carbocycles. The van der Waals surface area contributed by atoms with Gasteiger partial charge in [0.25, 0.3) is 0 Å². The molecule has 1 aliphatic rings. The molecule has 0 radical (unpaired) electrons. The molecule has 0 aromatic carbocycles. The maximum Gasteiger partial charge on any atom is 0.379 e. The van der Waals surface area contributed by atoms with Crippen molar-refractivity contribution in [2.75, 3.05) is 12.9 Å². The molecule has 1 heterocycles. The summed E-state index contributed by atoms with van der Waals surface area (Å²) in [4.78, 5) is 0. The van der Waals surface area contributed by atoms with E-state index in [0.717, 1.165) is 0 Å². The molecular formula is C12H21NO9S3. The minimum Gasteiger partial charge on any atom is -0.394 e. The van der Waals surface area contributed by atoms with Crippen LogP contribution in [0.15, 0.2) is 15.9 Å². The Bertz CT molecular complexity index is 619. The van der Waals surface area contributed by atoms with Crippen LogP contribution in [0.3, 0.4) is 0 Å². The van der Waals surface area contributed by atoms with E-state index >= 15 is 0 Å². The second kappa shape index (κ2) is 10.1. The maximum absolute atomic E-state index is 11.0. The molecule has 0 aliphatic carbocycles. The maximum atomic E-state index is 11.0. The first-order valence-corrected chi connectivity index (χ1v) is 11.0. The number of thioether (sulfide) groups is 1. The molecule has 146 valence electrons. The van der Waals surface area contributed by atoms with Crippen LogP contribution < -0.4 is 0 Å². The van der Waals surface area contributed by atoms with E-state index in [9.17, 15) is 27.9 Å². The molecule has 0 bridgehead atoms. The van der Waals surface area contributed by atoms with Crippen LogP contribution in [-0.4, -0.2) is 85.4 Å². The summed E-state index contributed by atoms with van der Waals surface area (Å²) < 4.78 is 50.2. The summed E-state index contributed by atoms with van der Waals surface area (Å²) in [5.74, 6) is 0. The number of hydrogen-bond donors (Lipinski definition) is 5. The average molecular weight is 419 g/mol. The highest BCUT2D eigenvalue weighted by molar-refractivity contribution is 8.14. The van der Waals surface area contributed by atoms with Gasteiger partial charge in [-0.15, -0.1) is 4.40 Å². The number of aliphatic hydroxyl groups excluding tert-OH is 4. The van der Waals surface area contributed by atoms with Gasteiger partial charge in [-0.2, -0.15) is 8.42 Å². The smallest absolute Gasteiger partial charge is 0.379 e. The highest BCUT2D eigenvalue weighted by atomic mass is 32.2. The topological polar surface area (TPSA) is 174 Å². The van der Waals surface area contributed by atoms with Crippen LogP contribution in [0.5, 0.6) is 0 Å². The van der Waals surface area contributed by atoms with Crippen molar-refractivity contribution >= 4 is 37.9 Å². The van der Waals surface area contributed by atoms with Crippen LogP contribution in [0.25, 0.3) is 0 Å². The van der Waals surface area contributed by atoms with Crippen molar-refractivity contribution in [3.63, 3.8) is 0 Å². The van der Waals surface area contributed by atoms with Gasteiger partial charge >= 0.3 is 10.3 Å². The van der Waals surface area contributed by atoms with Gasteiger partial charge in [-0.05, 0) is 11.8 Å². The monoisotopic (exact) mass is 419 g/mol. The van der Waals surface area contributed by atoms with Gasteiger partial charge in [-0.25, -0.2) is 0 Å². The summed E-state index contributed by atoms with van der Waals surface area (Å²) in [6.07, 6.45) is -2.63. The number of aliphatic hydroxyl groups is 4. The molecule has 0 spiro atoms. The summed E-state index contributed by atoms with van der Waals surface area (Å²) in [7, 11) is -5.88. The van der Waals surface area contributed by atoms with E-state index in [0.29, 0.717) is 11.8 Å². The van der Waals surface area contributed by atoms with Gasteiger partial charge in [0.05, 0.1) is 11.7 Å². The first-order valence-electron chi connectivity index (χ1n) is 7.07. The average Bonchev–Trinajstić information content (AvgIpc) is 2.50. The largest absolute Gasteiger partial charge is 0.394 e. The minimum absolute atomic E-state index is 0.0210. The van der Waals surface area contributed by atoms with Gasteiger partial charge in [0.2, 0.25) is 0 Å². The first kappa shape index (κ1) is 22.7. The van der Waals surface area contributed by atoms with Crippen molar-refractivity contribution in [2.24, 2.45) is 4.40 Å². The predicted molar refractivity (Wildman–Crippen MR) is 92.8 cm³/mol. The lowest BCUT2D eigenvalue weighted by atomic mass is 10.0. The second-order valence-electron chi connectivity index (χ2n) is 5.16. The van der Waals surface area contributed by atoms with E-state index in [2.05, 4.69) is 4.40 Å². The van der Waals surface area contributed by atoms with Crippen LogP contribution in [0.2, 0.25) is 0 Å². The van der Waals surface area contributed by atoms with Crippen molar-refractivity contribution in [3.8, 4) is 0 Å². The summed E-state index contributed by atoms with van der Waals surface area (Å²) in [5, 5.41) is 39.8. The Kier molecular flexibility index (Phi) is 9.14. The molecule has 0 aromatic heterocycles. The number of rotatable bonds is 7. The Hall–Kier alpha value is -0.380. The quantitative estimate of drug-likeness (QED) is 0.183. The first-order chi connectivity index (χ1) is 11.5. The zero-order valence-electron chi connectivity index (χ0n) is 13.2. The molecule has 1 rings (SSSR count). The standard InChI is InChI=1S/C12H21NO9S3/c1-24(18)5-3-2-4-8(13-25(19,20)21)23-12-11(17)10(16)9(15)7(6-14)22-12/h3,5,7,9-12,14-17H,2,4,6H2,1H3,(H,19,20,21)/b5-3?,13-8-/t7-,9-,10+,11-,12+,24?/m1/s1. The number of nitrogens with zero attached hydrogens (tertiary/aromatic N) is 1. The van der Waals surface area contributed by atoms with Crippen molar-refractivity contribution in [2.45, 2.75) is 42.7 Å². The van der Waals surface area contributed by atoms with E-state index in [-0.39, 0.29) is 17.9 Å². The third-order valence-corrected chi connectivity index (χ3v) is 5.46. The van der Waals surface area contributed by atoms with Crippen LogP contribution in [0.1, 0.15) is 12.8 Å². The predicted octanol–water partition coefficient (Wildman–Crippen LogP) is -1.61. The molecule has 10 nitrogen and oxygen atoms in total. The Morgan fingerprint density at radius 3 is 2.44 bits per heavy atom. The Morgan fingerprint density at radius 2 is 1.92 bits per heavy atom. The molecule has 0 aromatic rings. The number of ether oxygens (including phenoxy) is 1. The van der Waals surface area contributed by atoms with Crippen LogP contribution in [0.4, 0.5) is 0 Å². The molecule has 25 heavy (non-hydrogen) atoms. The molecule has 1 aliphatic heterocycles. The lowest BCUT2D eigenvalue weighted by Gasteiger charge is -2.39. The lowest BCUT2D eigenvalue weighted by Crippen LogP contribution is -2.57. The SMILES string of the molecule is CS(=O)C=CCC/C(=N/S(=O)(=O)O)S[C@@H]1O[C@H](CO)[C@@H](O)[C@H](O)[C@H]1O. The Morgan fingerprint density at radius 1 is 1.28 bits per heavy atom. The highest BCUT2D eigenvalue weighted by Gasteiger charge is 2.44. The fraction of sp³-hybridized carbons (Fsp3) is 0.750. The second-order valence-corrected chi connectivity index (χ2v) is 8.68. The van der Waals surface area contributed by atoms with Crippen molar-refractivity contribution in [1.29, 1.82) is 0 Å². The van der Waals surface area contributed by atoms with Crippen molar-refractivity contribution < 1.29 is 42.3 Å². The van der Waals surface area contributed by atoms with E-state index in [4.69, 9.17) is 14.4 Å². The van der Waals surface area contributed by atoms with Gasteiger partial charge in [-0.3, -0.25) is 8.76 Å². The van der Waals surface area contributed by atoms with Gasteiger partial charge in [0.15, 0.2) is 0 Å². The Labute approximate surface area is 152 Å². The molecule has 1 fully saturated rings. The van der Waals surface area contributed by atoms with Gasteiger partial charge < -0.3 is 25.2 Å². The van der Waals surface area contributed by atoms with E-state index in [1.54, 1.807) is 0 Å². The van der Waals surface area contributed by atoms with Crippen molar-refractivity contribution in [1.82, 2.24) is 0 Å². The van der Waals surface area contributed by atoms with E-state index < -0.39 is 57.6 Å². The van der Waals surface area contributed by atoms with Gasteiger partial charge in [0.1, 0.15) is 29.9 Å². The van der Waals surface area contributed by atoms with Crippen LogP contribution in [-0.2, 0) is 25.8 Å². The molecule has 1 unspecified atom stereocenters. The highest BCUT2D eigenvalue weighted by Crippen LogP contribution is 2.30. The van der Waals surface area contributed by atoms with E-state index in [1.807, 2.05) is 0 Å². The van der Waals surface area contributed by atoms with Gasteiger partial charge in [0, 0.05) is 23.5 Å². The zero-order chi connectivity index (χ0) is 19.2. The molecule has 1 saturated heterocycles. The summed E-state index contributed by atoms with van der Waals surface area (Å²) in [6, 6.07) is 0. The molecule has 13 heteroatoms. The molecule has 5 N–H and O–H groups in total. The number of hydrogen-bond acceptors (Lipinski definition) is 9. The van der Waals surface area contributed by atoms with Crippen LogP contribution in [0, 0.1) is 0 Å². The normalized spacial score (nSPS) is 32.9. The third kappa shape index (κ3) is 7.80. The fourth-order valence-electron chi connectivity index (χ4n) is 1.96. The number of allylic oxidation sites excluding steroid dienone is 1. The molecular weight excluding hydrogens is 398 g/mol. The zero-order valence-corrected chi connectivity index (χ0v) is 15.7. The van der Waals surface area contributed by atoms with Crippen LogP contribution >= 0.6 is 11.8 Å². The third-order valence-electron chi connectivity index (χ3n) is 3.13. The fourth-order valence-corrected chi connectivity index (χ4v) is 4.18. The summed E-state index contributed by atoms with van der Waals surface area (Å²) in [5.41, 5.74) is -1.22. The van der Waals surface area contributed by atoms with Crippen molar-refractivity contribution in [3.05, 3.63) is 11.5 Å². The van der Waals surface area contributed by atoms with Gasteiger partial charge in [-0.1, -0.05) is 17.8 Å². The molecule has 0 amide bonds. The summed E-state index contributed by atoms with van der Waals surface area (Å²) >= 11 is 0.631. The minimum atomic E-state index is -4.70. The lowest BCUT2D eigenvalue weighted by molar-refractivity contribution is -0.205. The summed E-state index contributed by atoms with van der Waals surface area (Å²) in [6.45, 7) is -0.627. The Balaban J connectivity index is 2.89.